The molecule has 0 spiro atoms. The van der Waals surface area contributed by atoms with E-state index in [1.807, 2.05) is 12.1 Å². The van der Waals surface area contributed by atoms with E-state index in [1.165, 1.54) is 24.0 Å². The minimum absolute atomic E-state index is 0.139. The van der Waals surface area contributed by atoms with E-state index in [2.05, 4.69) is 22.2 Å². The molecule has 0 saturated carbocycles. The normalized spacial score (nSPS) is 10.7. The summed E-state index contributed by atoms with van der Waals surface area (Å²) in [6, 6.07) is 5.30. The number of aromatic nitrogens is 2. The molecular weight excluding hydrogens is 250 g/mol. The van der Waals surface area contributed by atoms with Crippen LogP contribution in [0.3, 0.4) is 0 Å². The topological polar surface area (TPSA) is 70.9 Å². The first kappa shape index (κ1) is 12.9. The molecule has 0 aromatic carbocycles. The van der Waals surface area contributed by atoms with Gasteiger partial charge in [0.15, 0.2) is 5.16 Å². The molecule has 0 radical (unpaired) electrons. The number of H-pyrrole nitrogens is 1. The summed E-state index contributed by atoms with van der Waals surface area (Å²) in [5.41, 5.74) is -0.139. The largest absolute Gasteiger partial charge is 0.464 e. The second-order valence-electron chi connectivity index (χ2n) is 3.68. The van der Waals surface area contributed by atoms with Gasteiger partial charge in [0, 0.05) is 12.3 Å². The average molecular weight is 265 g/mol. The first-order valence-electron chi connectivity index (χ1n) is 5.74. The molecule has 2 N–H and O–H groups in total. The van der Waals surface area contributed by atoms with Crippen molar-refractivity contribution in [3.63, 3.8) is 0 Å². The van der Waals surface area contributed by atoms with Gasteiger partial charge in [0.2, 0.25) is 0 Å². The molecule has 0 fully saturated rings. The molecule has 0 aliphatic heterocycles. The summed E-state index contributed by atoms with van der Waals surface area (Å²) in [5.74, 6) is 2.44. The van der Waals surface area contributed by atoms with Crippen LogP contribution in [0.2, 0.25) is 0 Å². The van der Waals surface area contributed by atoms with Gasteiger partial charge in [-0.1, -0.05) is 18.7 Å². The van der Waals surface area contributed by atoms with Gasteiger partial charge in [-0.2, -0.15) is 0 Å². The number of nitrogens with one attached hydrogen (secondary N) is 2. The van der Waals surface area contributed by atoms with Crippen LogP contribution in [-0.2, 0) is 12.3 Å². The van der Waals surface area contributed by atoms with Crippen LogP contribution in [-0.4, -0.2) is 16.5 Å². The van der Waals surface area contributed by atoms with Gasteiger partial charge < -0.3 is 14.7 Å². The Morgan fingerprint density at radius 3 is 3.00 bits per heavy atom. The number of aromatic amines is 1. The fourth-order valence-electron chi connectivity index (χ4n) is 1.41. The van der Waals surface area contributed by atoms with Crippen molar-refractivity contribution in [1.82, 2.24) is 15.3 Å². The van der Waals surface area contributed by atoms with Gasteiger partial charge in [0.05, 0.1) is 12.3 Å². The van der Waals surface area contributed by atoms with Crippen LogP contribution in [0, 0.1) is 0 Å². The van der Waals surface area contributed by atoms with Crippen molar-refractivity contribution < 1.29 is 4.42 Å². The lowest BCUT2D eigenvalue weighted by molar-refractivity contribution is 0.462. The number of hydrogen-bond acceptors (Lipinski definition) is 5. The van der Waals surface area contributed by atoms with Crippen LogP contribution in [0.4, 0.5) is 0 Å². The fourth-order valence-corrected chi connectivity index (χ4v) is 2.15. The van der Waals surface area contributed by atoms with E-state index in [9.17, 15) is 4.79 Å². The summed E-state index contributed by atoms with van der Waals surface area (Å²) >= 11 is 1.44. The van der Waals surface area contributed by atoms with Gasteiger partial charge in [-0.3, -0.25) is 4.79 Å². The number of thioether (sulfide) groups is 1. The molecule has 0 saturated heterocycles. The number of nitrogens with zero attached hydrogens (tertiary/aromatic N) is 1. The summed E-state index contributed by atoms with van der Waals surface area (Å²) in [6.07, 6.45) is 1.50. The lowest BCUT2D eigenvalue weighted by Crippen LogP contribution is -2.10. The predicted molar refractivity (Wildman–Crippen MR) is 70.5 cm³/mol. The summed E-state index contributed by atoms with van der Waals surface area (Å²) < 4.78 is 5.63. The first-order valence-corrected chi connectivity index (χ1v) is 6.73. The van der Waals surface area contributed by atoms with Crippen LogP contribution < -0.4 is 10.9 Å². The Morgan fingerprint density at radius 1 is 1.39 bits per heavy atom. The standard InChI is InChI=1S/C12H15N3O2S/c1-2-13-7-9-3-4-10(17-9)8-18-12-14-6-5-11(16)15-12/h3-6,13H,2,7-8H2,1H3,(H,14,15,16). The van der Waals surface area contributed by atoms with E-state index in [0.29, 0.717) is 10.9 Å². The van der Waals surface area contributed by atoms with Crippen LogP contribution in [0.5, 0.6) is 0 Å². The summed E-state index contributed by atoms with van der Waals surface area (Å²) in [5, 5.41) is 3.80. The van der Waals surface area contributed by atoms with E-state index in [4.69, 9.17) is 4.42 Å². The third-order valence-electron chi connectivity index (χ3n) is 2.27. The zero-order chi connectivity index (χ0) is 12.8. The molecule has 0 atom stereocenters. The molecule has 0 unspecified atom stereocenters. The zero-order valence-corrected chi connectivity index (χ0v) is 10.9. The van der Waals surface area contributed by atoms with E-state index >= 15 is 0 Å². The second kappa shape index (κ2) is 6.42. The molecule has 2 rings (SSSR count). The van der Waals surface area contributed by atoms with Crippen molar-refractivity contribution in [3.8, 4) is 0 Å². The van der Waals surface area contributed by atoms with Gasteiger partial charge in [0.25, 0.3) is 5.56 Å². The maximum Gasteiger partial charge on any atom is 0.251 e. The van der Waals surface area contributed by atoms with Gasteiger partial charge in [-0.25, -0.2) is 4.98 Å². The second-order valence-corrected chi connectivity index (χ2v) is 4.64. The molecule has 18 heavy (non-hydrogen) atoms. The van der Waals surface area contributed by atoms with Crippen molar-refractivity contribution in [3.05, 3.63) is 46.3 Å². The highest BCUT2D eigenvalue weighted by Crippen LogP contribution is 2.19. The molecule has 2 aromatic rings. The molecule has 5 nitrogen and oxygen atoms in total. The Hall–Kier alpha value is -1.53. The van der Waals surface area contributed by atoms with Crippen LogP contribution in [0.1, 0.15) is 18.4 Å². The first-order chi connectivity index (χ1) is 8.78. The SMILES string of the molecule is CCNCc1ccc(CSc2nccc(=O)[nH]2)o1. The summed E-state index contributed by atoms with van der Waals surface area (Å²) in [6.45, 7) is 3.71. The van der Waals surface area contributed by atoms with E-state index in [0.717, 1.165) is 24.6 Å². The number of hydrogen-bond donors (Lipinski definition) is 2. The maximum atomic E-state index is 11.1. The monoisotopic (exact) mass is 265 g/mol. The fraction of sp³-hybridized carbons (Fsp3) is 0.333. The Morgan fingerprint density at radius 2 is 2.22 bits per heavy atom. The molecular formula is C12H15N3O2S. The Balaban J connectivity index is 1.90. The van der Waals surface area contributed by atoms with E-state index < -0.39 is 0 Å². The molecule has 0 bridgehead atoms. The van der Waals surface area contributed by atoms with Gasteiger partial charge >= 0.3 is 0 Å². The molecule has 96 valence electrons. The van der Waals surface area contributed by atoms with Crippen molar-refractivity contribution in [2.24, 2.45) is 0 Å². The third-order valence-corrected chi connectivity index (χ3v) is 3.18. The maximum absolute atomic E-state index is 11.1. The average Bonchev–Trinajstić information content (AvgIpc) is 2.82. The highest BCUT2D eigenvalue weighted by Gasteiger charge is 2.03. The smallest absolute Gasteiger partial charge is 0.251 e. The predicted octanol–water partition coefficient (Wildman–Crippen LogP) is 1.76. The molecule has 0 amide bonds. The summed E-state index contributed by atoms with van der Waals surface area (Å²) in [7, 11) is 0. The van der Waals surface area contributed by atoms with Crippen molar-refractivity contribution in [2.45, 2.75) is 24.4 Å². The van der Waals surface area contributed by atoms with Crippen molar-refractivity contribution >= 4 is 11.8 Å². The van der Waals surface area contributed by atoms with Gasteiger partial charge in [-0.15, -0.1) is 0 Å². The number of furan rings is 1. The Labute approximate surface area is 109 Å². The molecule has 0 aliphatic rings. The van der Waals surface area contributed by atoms with Crippen LogP contribution in [0.15, 0.2) is 38.8 Å². The third kappa shape index (κ3) is 3.75. The van der Waals surface area contributed by atoms with Gasteiger partial charge in [-0.05, 0) is 18.7 Å². The quantitative estimate of drug-likeness (QED) is 0.615. The molecule has 6 heteroatoms. The molecule has 0 aliphatic carbocycles. The molecule has 2 aromatic heterocycles. The van der Waals surface area contributed by atoms with Crippen LogP contribution in [0.25, 0.3) is 0 Å². The summed E-state index contributed by atoms with van der Waals surface area (Å²) in [4.78, 5) is 17.8. The van der Waals surface area contributed by atoms with E-state index in [1.54, 1.807) is 0 Å². The van der Waals surface area contributed by atoms with Crippen molar-refractivity contribution in [1.29, 1.82) is 0 Å². The zero-order valence-electron chi connectivity index (χ0n) is 10.1. The molecule has 2 heterocycles. The van der Waals surface area contributed by atoms with Crippen LogP contribution >= 0.6 is 11.8 Å². The highest BCUT2D eigenvalue weighted by atomic mass is 32.2. The lowest BCUT2D eigenvalue weighted by atomic mass is 10.4. The van der Waals surface area contributed by atoms with Gasteiger partial charge in [0.1, 0.15) is 11.5 Å². The Bertz CT molecular complexity index is 550. The minimum Gasteiger partial charge on any atom is -0.464 e. The number of rotatable bonds is 6. The van der Waals surface area contributed by atoms with E-state index in [-0.39, 0.29) is 5.56 Å². The highest BCUT2D eigenvalue weighted by molar-refractivity contribution is 7.98. The Kier molecular flexibility index (Phi) is 4.60. The minimum atomic E-state index is -0.139. The lowest BCUT2D eigenvalue weighted by Gasteiger charge is -1.98. The van der Waals surface area contributed by atoms with Crippen molar-refractivity contribution in [2.75, 3.05) is 6.54 Å².